The van der Waals surface area contributed by atoms with Crippen LogP contribution in [0.1, 0.15) is 12.8 Å². The molecule has 1 aromatic carbocycles. The number of hydrogen-bond donors (Lipinski definition) is 1. The third-order valence-corrected chi connectivity index (χ3v) is 4.77. The second kappa shape index (κ2) is 5.63. The second-order valence-corrected chi connectivity index (χ2v) is 5.98. The molecule has 0 bridgehead atoms. The maximum Gasteiger partial charge on any atom is 0.306 e. The summed E-state index contributed by atoms with van der Waals surface area (Å²) in [4.78, 5) is 18.8. The predicted molar refractivity (Wildman–Crippen MR) is 80.1 cm³/mol. The molecule has 4 nitrogen and oxygen atoms in total. The van der Waals surface area contributed by atoms with Gasteiger partial charge in [-0.3, -0.25) is 4.79 Å². The number of aromatic nitrogens is 1. The number of nitrogens with zero attached hydrogens (tertiary/aromatic N) is 2. The molecule has 0 saturated carbocycles. The van der Waals surface area contributed by atoms with Crippen LogP contribution in [0.3, 0.4) is 0 Å². The van der Waals surface area contributed by atoms with Gasteiger partial charge >= 0.3 is 5.97 Å². The van der Waals surface area contributed by atoms with Gasteiger partial charge in [0, 0.05) is 19.3 Å². The van der Waals surface area contributed by atoms with Crippen LogP contribution in [-0.2, 0) is 4.79 Å². The minimum atomic E-state index is -0.672. The highest BCUT2D eigenvalue weighted by Crippen LogP contribution is 2.32. The third kappa shape index (κ3) is 2.67. The number of anilines is 1. The summed E-state index contributed by atoms with van der Waals surface area (Å²) in [5.74, 6) is -0.867. The number of benzene rings is 1. The highest BCUT2D eigenvalue weighted by molar-refractivity contribution is 7.18. The van der Waals surface area contributed by atoms with Crippen LogP contribution in [0.2, 0.25) is 0 Å². The smallest absolute Gasteiger partial charge is 0.306 e. The molecule has 0 aliphatic carbocycles. The molecule has 0 spiro atoms. The van der Waals surface area contributed by atoms with Crippen LogP contribution in [0.15, 0.2) is 36.5 Å². The molecule has 5 heteroatoms. The van der Waals surface area contributed by atoms with Gasteiger partial charge in [-0.2, -0.15) is 0 Å². The summed E-state index contributed by atoms with van der Waals surface area (Å²) in [5.41, 5.74) is 1.18. The van der Waals surface area contributed by atoms with E-state index in [4.69, 9.17) is 5.11 Å². The number of piperidine rings is 1. The first-order valence-corrected chi connectivity index (χ1v) is 7.54. The third-order valence-electron chi connectivity index (χ3n) is 3.67. The van der Waals surface area contributed by atoms with Crippen molar-refractivity contribution in [1.29, 1.82) is 0 Å². The van der Waals surface area contributed by atoms with Crippen LogP contribution < -0.4 is 4.90 Å². The topological polar surface area (TPSA) is 53.4 Å². The van der Waals surface area contributed by atoms with Crippen molar-refractivity contribution in [3.63, 3.8) is 0 Å². The van der Waals surface area contributed by atoms with E-state index in [0.29, 0.717) is 12.8 Å². The lowest BCUT2D eigenvalue weighted by Gasteiger charge is -2.29. The zero-order chi connectivity index (χ0) is 13.9. The van der Waals surface area contributed by atoms with Crippen molar-refractivity contribution in [2.75, 3.05) is 18.0 Å². The first-order valence-electron chi connectivity index (χ1n) is 6.73. The normalized spacial score (nSPS) is 16.3. The fourth-order valence-corrected chi connectivity index (χ4v) is 3.44. The summed E-state index contributed by atoms with van der Waals surface area (Å²) in [6.07, 6.45) is 3.31. The van der Waals surface area contributed by atoms with Gasteiger partial charge in [-0.25, -0.2) is 4.98 Å². The summed E-state index contributed by atoms with van der Waals surface area (Å²) >= 11 is 1.67. The van der Waals surface area contributed by atoms with Gasteiger partial charge in [-0.05, 0) is 18.4 Å². The molecule has 2 aromatic rings. The molecule has 1 aromatic heterocycles. The van der Waals surface area contributed by atoms with E-state index >= 15 is 0 Å². The van der Waals surface area contributed by atoms with Gasteiger partial charge in [-0.15, -0.1) is 0 Å². The van der Waals surface area contributed by atoms with Crippen molar-refractivity contribution in [2.45, 2.75) is 12.8 Å². The van der Waals surface area contributed by atoms with Gasteiger partial charge in [0.05, 0.1) is 10.8 Å². The SMILES string of the molecule is O=C(O)C1CCN(c2ncc(-c3ccccc3)s2)CC1. The average Bonchev–Trinajstić information content (AvgIpc) is 2.98. The molecule has 0 atom stereocenters. The van der Waals surface area contributed by atoms with Crippen LogP contribution in [0, 0.1) is 5.92 Å². The Bertz CT molecular complexity index is 589. The van der Waals surface area contributed by atoms with Crippen LogP contribution in [-0.4, -0.2) is 29.1 Å². The Morgan fingerprint density at radius 1 is 1.25 bits per heavy atom. The monoisotopic (exact) mass is 288 g/mol. The standard InChI is InChI=1S/C15H16N2O2S/c18-14(19)12-6-8-17(9-7-12)15-16-10-13(20-15)11-4-2-1-3-5-11/h1-5,10,12H,6-9H2,(H,18,19). The quantitative estimate of drug-likeness (QED) is 0.943. The van der Waals surface area contributed by atoms with Crippen LogP contribution in [0.4, 0.5) is 5.13 Å². The molecule has 20 heavy (non-hydrogen) atoms. The Labute approximate surface area is 121 Å². The lowest BCUT2D eigenvalue weighted by molar-refractivity contribution is -0.142. The summed E-state index contributed by atoms with van der Waals surface area (Å²) in [7, 11) is 0. The Balaban J connectivity index is 1.71. The number of rotatable bonds is 3. The van der Waals surface area contributed by atoms with E-state index in [1.165, 1.54) is 5.56 Å². The summed E-state index contributed by atoms with van der Waals surface area (Å²) in [5, 5.41) is 10.0. The van der Waals surface area contributed by atoms with Gasteiger partial charge in [-0.1, -0.05) is 41.7 Å². The lowest BCUT2D eigenvalue weighted by Crippen LogP contribution is -2.36. The molecular formula is C15H16N2O2S. The minimum absolute atomic E-state index is 0.195. The average molecular weight is 288 g/mol. The van der Waals surface area contributed by atoms with E-state index in [9.17, 15) is 4.79 Å². The highest BCUT2D eigenvalue weighted by atomic mass is 32.1. The fraction of sp³-hybridized carbons (Fsp3) is 0.333. The molecule has 0 amide bonds. The van der Waals surface area contributed by atoms with Gasteiger partial charge < -0.3 is 10.0 Å². The molecule has 2 heterocycles. The van der Waals surface area contributed by atoms with Gasteiger partial charge in [0.15, 0.2) is 5.13 Å². The van der Waals surface area contributed by atoms with Gasteiger partial charge in [0.1, 0.15) is 0 Å². The Morgan fingerprint density at radius 3 is 2.60 bits per heavy atom. The molecular weight excluding hydrogens is 272 g/mol. The second-order valence-electron chi connectivity index (χ2n) is 4.97. The molecule has 1 aliphatic heterocycles. The minimum Gasteiger partial charge on any atom is -0.481 e. The number of carboxylic acid groups (broad SMARTS) is 1. The van der Waals surface area contributed by atoms with Crippen LogP contribution >= 0.6 is 11.3 Å². The molecule has 1 saturated heterocycles. The van der Waals surface area contributed by atoms with E-state index < -0.39 is 5.97 Å². The van der Waals surface area contributed by atoms with Crippen LogP contribution in [0.5, 0.6) is 0 Å². The van der Waals surface area contributed by atoms with E-state index in [1.54, 1.807) is 11.3 Å². The maximum atomic E-state index is 11.0. The molecule has 104 valence electrons. The zero-order valence-electron chi connectivity index (χ0n) is 11.0. The Hall–Kier alpha value is -1.88. The van der Waals surface area contributed by atoms with Crippen molar-refractivity contribution in [2.24, 2.45) is 5.92 Å². The number of aliphatic carboxylic acids is 1. The van der Waals surface area contributed by atoms with E-state index in [2.05, 4.69) is 22.0 Å². The Morgan fingerprint density at radius 2 is 1.95 bits per heavy atom. The summed E-state index contributed by atoms with van der Waals surface area (Å²) in [6.45, 7) is 1.55. The van der Waals surface area contributed by atoms with Gasteiger partial charge in [0.25, 0.3) is 0 Å². The molecule has 0 unspecified atom stereocenters. The maximum absolute atomic E-state index is 11.0. The van der Waals surface area contributed by atoms with Gasteiger partial charge in [0.2, 0.25) is 0 Å². The molecule has 1 N–H and O–H groups in total. The lowest BCUT2D eigenvalue weighted by atomic mass is 9.98. The van der Waals surface area contributed by atoms with E-state index in [-0.39, 0.29) is 5.92 Å². The number of hydrogen-bond acceptors (Lipinski definition) is 4. The van der Waals surface area contributed by atoms with Crippen molar-refractivity contribution in [3.05, 3.63) is 36.5 Å². The first kappa shape index (κ1) is 13.1. The zero-order valence-corrected chi connectivity index (χ0v) is 11.8. The van der Waals surface area contributed by atoms with Crippen molar-refractivity contribution in [1.82, 2.24) is 4.98 Å². The summed E-state index contributed by atoms with van der Waals surface area (Å²) in [6, 6.07) is 10.2. The fourth-order valence-electron chi connectivity index (χ4n) is 2.46. The number of carbonyl (C=O) groups is 1. The van der Waals surface area contributed by atoms with Crippen molar-refractivity contribution < 1.29 is 9.90 Å². The molecule has 3 rings (SSSR count). The number of thiazole rings is 1. The Kier molecular flexibility index (Phi) is 3.69. The largest absolute Gasteiger partial charge is 0.481 e. The molecule has 0 radical (unpaired) electrons. The number of carboxylic acids is 1. The molecule has 1 fully saturated rings. The van der Waals surface area contributed by atoms with Crippen LogP contribution in [0.25, 0.3) is 10.4 Å². The van der Waals surface area contributed by atoms with E-state index in [1.807, 2.05) is 24.4 Å². The highest BCUT2D eigenvalue weighted by Gasteiger charge is 2.25. The molecule has 1 aliphatic rings. The van der Waals surface area contributed by atoms with Crippen molar-refractivity contribution >= 4 is 22.4 Å². The predicted octanol–water partition coefficient (Wildman–Crippen LogP) is 3.11. The first-order chi connectivity index (χ1) is 9.74. The van der Waals surface area contributed by atoms with E-state index in [0.717, 1.165) is 23.1 Å². The summed E-state index contributed by atoms with van der Waals surface area (Å²) < 4.78 is 0. The van der Waals surface area contributed by atoms with Crippen molar-refractivity contribution in [3.8, 4) is 10.4 Å².